The molecule has 0 spiro atoms. The molecule has 0 aliphatic heterocycles. The van der Waals surface area contributed by atoms with Gasteiger partial charge in [0, 0.05) is 42.0 Å². The molecular formula is C26H26B2F8N2. The molecule has 0 aliphatic rings. The fraction of sp³-hybridized carbons (Fsp3) is 0.154. The molecule has 0 fully saturated rings. The van der Waals surface area contributed by atoms with Crippen molar-refractivity contribution in [1.29, 1.82) is 0 Å². The molecule has 2 aromatic heterocycles. The van der Waals surface area contributed by atoms with Crippen LogP contribution in [0.15, 0.2) is 79.3 Å². The van der Waals surface area contributed by atoms with Crippen molar-refractivity contribution in [3.8, 4) is 28.1 Å². The number of aryl methyl sites for hydroxylation is 4. The van der Waals surface area contributed by atoms with Gasteiger partial charge in [-0.3, -0.25) is 0 Å². The average molecular weight is 540 g/mol. The van der Waals surface area contributed by atoms with Crippen molar-refractivity contribution in [1.82, 2.24) is 0 Å². The number of hydrogen-bond donors (Lipinski definition) is 0. The summed E-state index contributed by atoms with van der Waals surface area (Å²) in [6.45, 7) is 8.63. The normalized spacial score (nSPS) is 11.2. The van der Waals surface area contributed by atoms with Crippen LogP contribution in [0.1, 0.15) is 22.3 Å². The maximum absolute atomic E-state index is 9.75. The zero-order chi connectivity index (χ0) is 28.7. The molecular weight excluding hydrogens is 514 g/mol. The highest BCUT2D eigenvalue weighted by molar-refractivity contribution is 6.50. The van der Waals surface area contributed by atoms with Gasteiger partial charge in [-0.1, -0.05) is 23.3 Å². The predicted octanol–water partition coefficient (Wildman–Crippen LogP) is 7.95. The van der Waals surface area contributed by atoms with Crippen molar-refractivity contribution in [2.24, 2.45) is 0 Å². The highest BCUT2D eigenvalue weighted by Gasteiger charge is 2.21. The number of nitrogens with one attached hydrogen (secondary N) is 1. The fourth-order valence-corrected chi connectivity index (χ4v) is 3.92. The lowest BCUT2D eigenvalue weighted by atomic mass is 10.0. The van der Waals surface area contributed by atoms with E-state index < -0.39 is 14.5 Å². The van der Waals surface area contributed by atoms with Crippen LogP contribution in [0.3, 0.4) is 0 Å². The van der Waals surface area contributed by atoms with Crippen molar-refractivity contribution < 1.29 is 44.1 Å². The first-order valence-corrected chi connectivity index (χ1v) is 11.4. The predicted molar refractivity (Wildman–Crippen MR) is 135 cm³/mol. The number of H-pyrrole nitrogens is 1. The van der Waals surface area contributed by atoms with Crippen molar-refractivity contribution in [2.75, 3.05) is 0 Å². The van der Waals surface area contributed by atoms with Gasteiger partial charge in [0.05, 0.1) is 0 Å². The maximum Gasteiger partial charge on any atom is 0.673 e. The lowest BCUT2D eigenvalue weighted by molar-refractivity contribution is -0.583. The highest BCUT2D eigenvalue weighted by Crippen LogP contribution is 2.26. The summed E-state index contributed by atoms with van der Waals surface area (Å²) in [6, 6.07) is 22.2. The molecule has 38 heavy (non-hydrogen) atoms. The zero-order valence-electron chi connectivity index (χ0n) is 21.1. The lowest BCUT2D eigenvalue weighted by Gasteiger charge is -2.09. The molecule has 4 aromatic rings. The molecule has 2 nitrogen and oxygen atoms in total. The second-order valence-corrected chi connectivity index (χ2v) is 8.67. The quantitative estimate of drug-likeness (QED) is 0.143. The van der Waals surface area contributed by atoms with Gasteiger partial charge in [0.25, 0.3) is 0 Å². The third-order valence-corrected chi connectivity index (χ3v) is 5.01. The van der Waals surface area contributed by atoms with Crippen LogP contribution in [0.4, 0.5) is 34.5 Å². The summed E-state index contributed by atoms with van der Waals surface area (Å²) in [5.41, 5.74) is 11.2. The molecule has 12 heteroatoms. The van der Waals surface area contributed by atoms with Gasteiger partial charge >= 0.3 is 14.5 Å². The number of pyridine rings is 2. The van der Waals surface area contributed by atoms with Gasteiger partial charge < -0.3 is 34.5 Å². The monoisotopic (exact) mass is 540 g/mol. The molecule has 4 rings (SSSR count). The minimum Gasteiger partial charge on any atom is -0.418 e. The van der Waals surface area contributed by atoms with E-state index in [4.69, 9.17) is 0 Å². The summed E-state index contributed by atoms with van der Waals surface area (Å²) >= 11 is 0. The first-order chi connectivity index (χ1) is 17.5. The molecule has 202 valence electrons. The Morgan fingerprint density at radius 2 is 0.947 bits per heavy atom. The Balaban J connectivity index is 0.000000435. The lowest BCUT2D eigenvalue weighted by Crippen LogP contribution is -2.33. The van der Waals surface area contributed by atoms with Gasteiger partial charge in [-0.05, 0) is 62.1 Å². The third kappa shape index (κ3) is 11.1. The Kier molecular flexibility index (Phi) is 10.2. The van der Waals surface area contributed by atoms with Gasteiger partial charge in [-0.2, -0.15) is 4.57 Å². The number of hydrogen-bond acceptors (Lipinski definition) is 0. The van der Waals surface area contributed by atoms with Crippen LogP contribution < -0.4 is 9.55 Å². The second kappa shape index (κ2) is 12.7. The van der Waals surface area contributed by atoms with E-state index in [1.807, 2.05) is 12.4 Å². The molecule has 0 unspecified atom stereocenters. The molecule has 2 heterocycles. The molecule has 0 saturated carbocycles. The van der Waals surface area contributed by atoms with Crippen molar-refractivity contribution in [3.63, 3.8) is 0 Å². The van der Waals surface area contributed by atoms with Crippen LogP contribution >= 0.6 is 0 Å². The standard InChI is InChI=1S/C26H25N2.2BF4/c1-18-11-19(2)14-24(13-18)26-17-23(22-5-8-27-9-6-22)7-10-28(26)25-15-20(3)12-21(4)16-25;2*2-1(3,4)5/h5-17H,1-4H3;;/q+1;2*-1/p+1. The van der Waals surface area contributed by atoms with Gasteiger partial charge in [0.15, 0.2) is 18.6 Å². The van der Waals surface area contributed by atoms with E-state index in [-0.39, 0.29) is 0 Å². The average Bonchev–Trinajstić information content (AvgIpc) is 2.76. The van der Waals surface area contributed by atoms with Crippen LogP contribution in [0.2, 0.25) is 0 Å². The largest absolute Gasteiger partial charge is 0.673 e. The summed E-state index contributed by atoms with van der Waals surface area (Å²) in [5.74, 6) is 0. The molecule has 0 amide bonds. The zero-order valence-corrected chi connectivity index (χ0v) is 21.1. The fourth-order valence-electron chi connectivity index (χ4n) is 3.92. The molecule has 0 saturated heterocycles. The molecule has 1 N–H and O–H groups in total. The number of aromatic amines is 1. The van der Waals surface area contributed by atoms with Gasteiger partial charge in [0.2, 0.25) is 11.4 Å². The molecule has 0 aliphatic carbocycles. The number of halogens is 8. The summed E-state index contributed by atoms with van der Waals surface area (Å²) in [7, 11) is -12.0. The third-order valence-electron chi connectivity index (χ3n) is 5.01. The smallest absolute Gasteiger partial charge is 0.418 e. The Hall–Kier alpha value is -3.69. The SMILES string of the molecule is Cc1cc(C)cc(-c2cc(-c3cc[nH+]cc3)cc[n+]2-c2cc(C)cc(C)c2)c1.F[B-](F)(F)F.F[B-](F)(F)F. The summed E-state index contributed by atoms with van der Waals surface area (Å²) in [6.07, 6.45) is 6.13. The second-order valence-electron chi connectivity index (χ2n) is 8.67. The molecule has 2 aromatic carbocycles. The van der Waals surface area contributed by atoms with Crippen LogP contribution in [-0.4, -0.2) is 14.5 Å². The van der Waals surface area contributed by atoms with Crippen molar-refractivity contribution >= 4 is 14.5 Å². The van der Waals surface area contributed by atoms with Gasteiger partial charge in [-0.25, -0.2) is 4.98 Å². The van der Waals surface area contributed by atoms with E-state index >= 15 is 0 Å². The topological polar surface area (TPSA) is 18.0 Å². The first kappa shape index (κ1) is 30.5. The van der Waals surface area contributed by atoms with Crippen LogP contribution in [0.25, 0.3) is 28.1 Å². The van der Waals surface area contributed by atoms with E-state index in [1.165, 1.54) is 50.3 Å². The molecule has 0 bridgehead atoms. The number of aromatic nitrogens is 2. The van der Waals surface area contributed by atoms with E-state index in [9.17, 15) is 34.5 Å². The minimum absolute atomic E-state index is 1.19. The maximum atomic E-state index is 9.75. The number of rotatable bonds is 3. The Morgan fingerprint density at radius 3 is 1.39 bits per heavy atom. The van der Waals surface area contributed by atoms with E-state index in [2.05, 4.69) is 104 Å². The van der Waals surface area contributed by atoms with Crippen molar-refractivity contribution in [3.05, 3.63) is 102 Å². The first-order valence-electron chi connectivity index (χ1n) is 11.4. The molecule has 0 radical (unpaired) electrons. The van der Waals surface area contributed by atoms with Crippen LogP contribution in [0, 0.1) is 27.7 Å². The van der Waals surface area contributed by atoms with E-state index in [0.717, 1.165) is 0 Å². The number of benzene rings is 2. The summed E-state index contributed by atoms with van der Waals surface area (Å²) in [5, 5.41) is 0. The summed E-state index contributed by atoms with van der Waals surface area (Å²) in [4.78, 5) is 3.11. The van der Waals surface area contributed by atoms with Crippen LogP contribution in [-0.2, 0) is 0 Å². The van der Waals surface area contributed by atoms with E-state index in [0.29, 0.717) is 0 Å². The Morgan fingerprint density at radius 1 is 0.526 bits per heavy atom. The minimum atomic E-state index is -6.00. The highest BCUT2D eigenvalue weighted by atomic mass is 19.5. The Labute approximate surface area is 216 Å². The van der Waals surface area contributed by atoms with Crippen molar-refractivity contribution in [2.45, 2.75) is 27.7 Å². The van der Waals surface area contributed by atoms with Crippen LogP contribution in [0.5, 0.6) is 0 Å². The van der Waals surface area contributed by atoms with Gasteiger partial charge in [-0.15, -0.1) is 0 Å². The molecule has 0 atom stereocenters. The van der Waals surface area contributed by atoms with Gasteiger partial charge in [0.1, 0.15) is 0 Å². The summed E-state index contributed by atoms with van der Waals surface area (Å²) < 4.78 is 80.3. The number of nitrogens with zero attached hydrogens (tertiary/aromatic N) is 1. The van der Waals surface area contributed by atoms with E-state index in [1.54, 1.807) is 0 Å². The Bertz CT molecular complexity index is 1290.